The summed E-state index contributed by atoms with van der Waals surface area (Å²) in [6, 6.07) is 17.0. The molecule has 1 N–H and O–H groups in total. The molecule has 0 saturated carbocycles. The number of amidine groups is 2. The van der Waals surface area contributed by atoms with Gasteiger partial charge in [-0.3, -0.25) is 15.2 Å². The number of aromatic nitrogens is 2. The van der Waals surface area contributed by atoms with E-state index in [0.717, 1.165) is 27.6 Å². The lowest BCUT2D eigenvalue weighted by Crippen LogP contribution is -2.35. The van der Waals surface area contributed by atoms with E-state index in [2.05, 4.69) is 19.6 Å². The second-order valence-electron chi connectivity index (χ2n) is 8.13. The van der Waals surface area contributed by atoms with Crippen molar-refractivity contribution in [3.63, 3.8) is 0 Å². The van der Waals surface area contributed by atoms with E-state index in [0.29, 0.717) is 26.8 Å². The molecule has 2 aromatic carbocycles. The molecular formula is C26H16Cl2N6OS. The molecule has 0 atom stereocenters. The van der Waals surface area contributed by atoms with Crippen molar-refractivity contribution in [1.29, 1.82) is 5.41 Å². The second-order valence-corrected chi connectivity index (χ2v) is 9.93. The summed E-state index contributed by atoms with van der Waals surface area (Å²) in [6.45, 7) is 0.523. The Labute approximate surface area is 220 Å². The van der Waals surface area contributed by atoms with E-state index in [1.54, 1.807) is 24.5 Å². The van der Waals surface area contributed by atoms with E-state index in [4.69, 9.17) is 28.6 Å². The van der Waals surface area contributed by atoms with Gasteiger partial charge in [0.15, 0.2) is 5.84 Å². The average molecular weight is 531 g/mol. The maximum Gasteiger partial charge on any atom is 0.283 e. The fraction of sp³-hybridized carbons (Fsp3) is 0.0385. The third kappa shape index (κ3) is 4.03. The number of amides is 1. The fourth-order valence-corrected chi connectivity index (χ4v) is 5.46. The number of carbonyl (C=O) groups excluding carboxylic acids is 1. The number of halogens is 2. The molecule has 2 aromatic heterocycles. The maximum atomic E-state index is 13.0. The number of aliphatic imine (C=N–C) groups is 1. The third-order valence-corrected chi connectivity index (χ3v) is 7.38. The predicted molar refractivity (Wildman–Crippen MR) is 146 cm³/mol. The molecule has 6 rings (SSSR count). The van der Waals surface area contributed by atoms with Crippen molar-refractivity contribution in [1.82, 2.24) is 14.6 Å². The van der Waals surface area contributed by atoms with Crippen molar-refractivity contribution in [2.75, 3.05) is 0 Å². The average Bonchev–Trinajstić information content (AvgIpc) is 3.46. The Morgan fingerprint density at radius 1 is 1.08 bits per heavy atom. The summed E-state index contributed by atoms with van der Waals surface area (Å²) in [5, 5.41) is 17.8. The van der Waals surface area contributed by atoms with Gasteiger partial charge in [0.2, 0.25) is 5.17 Å². The minimum absolute atomic E-state index is 0.0195. The Bertz CT molecular complexity index is 1660. The molecular weight excluding hydrogens is 515 g/mol. The second kappa shape index (κ2) is 9.05. The minimum Gasteiger partial charge on any atom is -0.342 e. The Morgan fingerprint density at radius 2 is 1.94 bits per heavy atom. The molecule has 0 unspecified atom stereocenters. The molecule has 10 heteroatoms. The molecule has 36 heavy (non-hydrogen) atoms. The van der Waals surface area contributed by atoms with Crippen molar-refractivity contribution >= 4 is 73.9 Å². The smallest absolute Gasteiger partial charge is 0.283 e. The van der Waals surface area contributed by atoms with Gasteiger partial charge in [0.05, 0.1) is 5.57 Å². The molecule has 4 heterocycles. The van der Waals surface area contributed by atoms with E-state index >= 15 is 0 Å². The number of rotatable bonds is 4. The first-order valence-electron chi connectivity index (χ1n) is 10.9. The summed E-state index contributed by atoms with van der Waals surface area (Å²) in [7, 11) is 0. The Morgan fingerprint density at radius 3 is 2.75 bits per heavy atom. The van der Waals surface area contributed by atoms with Gasteiger partial charge >= 0.3 is 0 Å². The summed E-state index contributed by atoms with van der Waals surface area (Å²) >= 11 is 13.7. The van der Waals surface area contributed by atoms with Crippen LogP contribution >= 0.6 is 35.0 Å². The lowest BCUT2D eigenvalue weighted by atomic mass is 10.1. The highest BCUT2D eigenvalue weighted by atomic mass is 35.5. The number of nitrogens with one attached hydrogen (secondary N) is 1. The van der Waals surface area contributed by atoms with Crippen LogP contribution in [0.4, 0.5) is 0 Å². The molecule has 0 aliphatic carbocycles. The van der Waals surface area contributed by atoms with Gasteiger partial charge in [-0.05, 0) is 53.7 Å². The number of thioether (sulfide) groups is 1. The monoisotopic (exact) mass is 530 g/mol. The quantitative estimate of drug-likeness (QED) is 0.325. The molecule has 7 nitrogen and oxygen atoms in total. The summed E-state index contributed by atoms with van der Waals surface area (Å²) in [4.78, 5) is 21.3. The normalized spacial score (nSPS) is 16.5. The Balaban J connectivity index is 1.38. The largest absolute Gasteiger partial charge is 0.342 e. The molecule has 2 aliphatic heterocycles. The van der Waals surface area contributed by atoms with Crippen LogP contribution in [0.15, 0.2) is 88.9 Å². The van der Waals surface area contributed by atoms with Crippen LogP contribution in [0, 0.1) is 5.41 Å². The molecule has 0 saturated heterocycles. The van der Waals surface area contributed by atoms with E-state index < -0.39 is 5.91 Å². The molecule has 0 bridgehead atoms. The molecule has 4 aromatic rings. The summed E-state index contributed by atoms with van der Waals surface area (Å²) in [5.41, 5.74) is 3.66. The fourth-order valence-electron chi connectivity index (χ4n) is 4.11. The van der Waals surface area contributed by atoms with Crippen LogP contribution in [0.1, 0.15) is 16.7 Å². The maximum absolute atomic E-state index is 13.0. The van der Waals surface area contributed by atoms with E-state index in [9.17, 15) is 4.79 Å². The molecule has 1 amide bonds. The Kier molecular flexibility index (Phi) is 5.72. The zero-order valence-electron chi connectivity index (χ0n) is 18.5. The van der Waals surface area contributed by atoms with E-state index in [1.165, 1.54) is 16.8 Å². The number of hydrogen-bond donors (Lipinski definition) is 1. The number of para-hydroxylation sites is 1. The minimum atomic E-state index is -0.473. The van der Waals surface area contributed by atoms with Gasteiger partial charge in [-0.15, -0.1) is 0 Å². The molecule has 0 radical (unpaired) electrons. The number of benzene rings is 2. The first-order chi connectivity index (χ1) is 17.5. The highest BCUT2D eigenvalue weighted by Gasteiger charge is 2.36. The zero-order valence-corrected chi connectivity index (χ0v) is 20.8. The van der Waals surface area contributed by atoms with Gasteiger partial charge < -0.3 is 4.57 Å². The summed E-state index contributed by atoms with van der Waals surface area (Å²) in [6.07, 6.45) is 7.02. The number of hydrogen-bond acceptors (Lipinski definition) is 5. The molecule has 2 aliphatic rings. The number of hydrazone groups is 1. The van der Waals surface area contributed by atoms with Crippen LogP contribution < -0.4 is 0 Å². The standard InChI is InChI=1S/C26H16Cl2N6OS/c27-18-8-7-16(21(28)11-18)13-33-14-17(19-5-1-2-6-22(19)33)10-20-23(29)34-26(31-24(20)35)36-25(32-34)15-4-3-9-30-12-15/h1-12,14,29H,13H2/b20-10+,29-23?. The van der Waals surface area contributed by atoms with Crippen LogP contribution in [-0.2, 0) is 11.3 Å². The van der Waals surface area contributed by atoms with Gasteiger partial charge in [0.1, 0.15) is 5.04 Å². The zero-order chi connectivity index (χ0) is 24.8. The summed E-state index contributed by atoms with van der Waals surface area (Å²) in [5.74, 6) is -0.493. The number of nitrogens with zero attached hydrogens (tertiary/aromatic N) is 5. The first kappa shape index (κ1) is 22.7. The Hall–Kier alpha value is -3.72. The van der Waals surface area contributed by atoms with Crippen molar-refractivity contribution in [3.05, 3.63) is 105 Å². The van der Waals surface area contributed by atoms with Crippen molar-refractivity contribution in [2.24, 2.45) is 10.1 Å². The van der Waals surface area contributed by atoms with Gasteiger partial charge in [-0.1, -0.05) is 47.5 Å². The van der Waals surface area contributed by atoms with Crippen molar-refractivity contribution < 1.29 is 4.79 Å². The van der Waals surface area contributed by atoms with E-state index in [1.807, 2.05) is 54.7 Å². The van der Waals surface area contributed by atoms with Crippen LogP contribution in [0.2, 0.25) is 10.0 Å². The van der Waals surface area contributed by atoms with Gasteiger partial charge in [0, 0.05) is 57.2 Å². The van der Waals surface area contributed by atoms with Crippen molar-refractivity contribution in [3.8, 4) is 0 Å². The third-order valence-electron chi connectivity index (χ3n) is 5.84. The molecule has 0 fully saturated rings. The number of carbonyl (C=O) groups is 1. The highest BCUT2D eigenvalue weighted by molar-refractivity contribution is 8.27. The van der Waals surface area contributed by atoms with Crippen LogP contribution in [0.25, 0.3) is 17.0 Å². The van der Waals surface area contributed by atoms with Crippen LogP contribution in [0.3, 0.4) is 0 Å². The van der Waals surface area contributed by atoms with Gasteiger partial charge in [-0.2, -0.15) is 15.1 Å². The van der Waals surface area contributed by atoms with Crippen LogP contribution in [0.5, 0.6) is 0 Å². The van der Waals surface area contributed by atoms with Gasteiger partial charge in [0.25, 0.3) is 5.91 Å². The van der Waals surface area contributed by atoms with E-state index in [-0.39, 0.29) is 11.4 Å². The van der Waals surface area contributed by atoms with Crippen LogP contribution in [-0.4, -0.2) is 36.5 Å². The van der Waals surface area contributed by atoms with Crippen molar-refractivity contribution in [2.45, 2.75) is 6.54 Å². The first-order valence-corrected chi connectivity index (χ1v) is 12.5. The lowest BCUT2D eigenvalue weighted by molar-refractivity contribution is -0.114. The SMILES string of the molecule is N=C1/C(=C\c2cn(Cc3ccc(Cl)cc3Cl)c3ccccc23)C(=O)N=C2SC(c3cccnc3)=NN12. The number of pyridine rings is 1. The highest BCUT2D eigenvalue weighted by Crippen LogP contribution is 2.32. The summed E-state index contributed by atoms with van der Waals surface area (Å²) < 4.78 is 2.06. The predicted octanol–water partition coefficient (Wildman–Crippen LogP) is 6.06. The number of fused-ring (bicyclic) bond motifs is 2. The lowest BCUT2D eigenvalue weighted by Gasteiger charge is -2.20. The topological polar surface area (TPSA) is 86.7 Å². The molecule has 0 spiro atoms. The molecule has 176 valence electrons. The van der Waals surface area contributed by atoms with Gasteiger partial charge in [-0.25, -0.2) is 0 Å².